The van der Waals surface area contributed by atoms with Gasteiger partial charge in [-0.1, -0.05) is 42.5 Å². The van der Waals surface area contributed by atoms with Gasteiger partial charge in [-0.05, 0) is 37.8 Å². The van der Waals surface area contributed by atoms with Gasteiger partial charge < -0.3 is 9.84 Å². The lowest BCUT2D eigenvalue weighted by Gasteiger charge is -2.30. The van der Waals surface area contributed by atoms with E-state index in [0.717, 1.165) is 23.4 Å². The van der Waals surface area contributed by atoms with Crippen LogP contribution in [-0.4, -0.2) is 38.5 Å². The highest BCUT2D eigenvalue weighted by Gasteiger charge is 2.30. The van der Waals surface area contributed by atoms with Crippen LogP contribution in [-0.2, 0) is 13.6 Å². The Morgan fingerprint density at radius 2 is 2.00 bits per heavy atom. The van der Waals surface area contributed by atoms with Gasteiger partial charge in [0.2, 0.25) is 5.88 Å². The molecule has 1 aromatic heterocycles. The number of halogens is 1. The van der Waals surface area contributed by atoms with E-state index in [-0.39, 0.29) is 5.82 Å². The first-order chi connectivity index (χ1) is 15.3. The van der Waals surface area contributed by atoms with Gasteiger partial charge in [0.1, 0.15) is 17.3 Å². The summed E-state index contributed by atoms with van der Waals surface area (Å²) in [7, 11) is 1.83. The molecule has 0 radical (unpaired) electrons. The highest BCUT2D eigenvalue weighted by atomic mass is 19.1. The fourth-order valence-electron chi connectivity index (χ4n) is 3.88. The van der Waals surface area contributed by atoms with Crippen LogP contribution in [0.15, 0.2) is 67.3 Å². The van der Waals surface area contributed by atoms with Crippen LogP contribution in [0, 0.1) is 11.7 Å². The lowest BCUT2D eigenvalue weighted by molar-refractivity contribution is 0.0566. The molecule has 0 aliphatic heterocycles. The van der Waals surface area contributed by atoms with E-state index in [1.807, 2.05) is 37.4 Å². The zero-order valence-corrected chi connectivity index (χ0v) is 18.7. The topological polar surface area (TPSA) is 50.5 Å². The van der Waals surface area contributed by atoms with Crippen molar-refractivity contribution >= 4 is 0 Å². The van der Waals surface area contributed by atoms with Crippen molar-refractivity contribution in [2.75, 3.05) is 13.1 Å². The number of benzene rings is 2. The standard InChI is InChI=1S/C26H30FN3O2/c1-4-26(2,31)18-30(16-19-13-14-19)17-23-24(20-9-6-5-7-10-20)28-29(3)25(23)32-22-12-8-11-21(27)15-22/h4-12,15,19,31H,1,13-14,16-18H2,2-3H3/t26-/m1/s1. The van der Waals surface area contributed by atoms with Gasteiger partial charge in [-0.3, -0.25) is 4.90 Å². The number of hydrogen-bond donors (Lipinski definition) is 1. The molecule has 168 valence electrons. The first-order valence-corrected chi connectivity index (χ1v) is 11.0. The zero-order valence-electron chi connectivity index (χ0n) is 18.7. The first-order valence-electron chi connectivity index (χ1n) is 11.0. The minimum absolute atomic E-state index is 0.355. The van der Waals surface area contributed by atoms with Gasteiger partial charge in [-0.2, -0.15) is 5.10 Å². The molecule has 1 aliphatic carbocycles. The fraction of sp³-hybridized carbons (Fsp3) is 0.346. The number of aliphatic hydroxyl groups is 1. The zero-order chi connectivity index (χ0) is 22.7. The molecular formula is C26H30FN3O2. The highest BCUT2D eigenvalue weighted by Crippen LogP contribution is 2.36. The summed E-state index contributed by atoms with van der Waals surface area (Å²) in [5, 5.41) is 15.4. The number of hydrogen-bond acceptors (Lipinski definition) is 4. The molecule has 1 N–H and O–H groups in total. The molecule has 0 amide bonds. The quantitative estimate of drug-likeness (QED) is 0.447. The predicted octanol–water partition coefficient (Wildman–Crippen LogP) is 5.17. The molecular weight excluding hydrogens is 405 g/mol. The molecule has 2 aromatic carbocycles. The van der Waals surface area contributed by atoms with Crippen molar-refractivity contribution < 1.29 is 14.2 Å². The Balaban J connectivity index is 1.73. The van der Waals surface area contributed by atoms with E-state index in [0.29, 0.717) is 30.6 Å². The molecule has 5 nitrogen and oxygen atoms in total. The molecule has 32 heavy (non-hydrogen) atoms. The molecule has 6 heteroatoms. The Hall–Kier alpha value is -2.96. The molecule has 0 saturated heterocycles. The van der Waals surface area contributed by atoms with Crippen molar-refractivity contribution in [3.8, 4) is 22.9 Å². The van der Waals surface area contributed by atoms with Gasteiger partial charge in [0.25, 0.3) is 0 Å². The average molecular weight is 436 g/mol. The summed E-state index contributed by atoms with van der Waals surface area (Å²) >= 11 is 0. The van der Waals surface area contributed by atoms with Crippen LogP contribution in [0.2, 0.25) is 0 Å². The van der Waals surface area contributed by atoms with Crippen LogP contribution in [0.5, 0.6) is 11.6 Å². The van der Waals surface area contributed by atoms with Crippen LogP contribution in [0.4, 0.5) is 4.39 Å². The van der Waals surface area contributed by atoms with Gasteiger partial charge in [0, 0.05) is 38.3 Å². The van der Waals surface area contributed by atoms with E-state index in [1.165, 1.54) is 25.0 Å². The van der Waals surface area contributed by atoms with Gasteiger partial charge in [0.15, 0.2) is 0 Å². The number of aromatic nitrogens is 2. The molecule has 1 atom stereocenters. The van der Waals surface area contributed by atoms with E-state index >= 15 is 0 Å². The lowest BCUT2D eigenvalue weighted by atomic mass is 10.0. The highest BCUT2D eigenvalue weighted by molar-refractivity contribution is 5.65. The number of rotatable bonds is 10. The third kappa shape index (κ3) is 5.44. The van der Waals surface area contributed by atoms with E-state index in [1.54, 1.807) is 29.8 Å². The Morgan fingerprint density at radius 1 is 1.25 bits per heavy atom. The van der Waals surface area contributed by atoms with Crippen molar-refractivity contribution in [3.05, 3.63) is 78.6 Å². The molecule has 1 heterocycles. The van der Waals surface area contributed by atoms with E-state index in [9.17, 15) is 9.50 Å². The molecule has 1 saturated carbocycles. The van der Waals surface area contributed by atoms with Crippen LogP contribution in [0.3, 0.4) is 0 Å². The van der Waals surface area contributed by atoms with Crippen molar-refractivity contribution in [3.63, 3.8) is 0 Å². The number of ether oxygens (including phenoxy) is 1. The predicted molar refractivity (Wildman–Crippen MR) is 124 cm³/mol. The molecule has 3 aromatic rings. The maximum Gasteiger partial charge on any atom is 0.222 e. The molecule has 4 rings (SSSR count). The summed E-state index contributed by atoms with van der Waals surface area (Å²) in [6.07, 6.45) is 3.99. The first kappa shape index (κ1) is 22.2. The Bertz CT molecular complexity index is 1070. The fourth-order valence-corrected chi connectivity index (χ4v) is 3.88. The molecule has 0 unspecified atom stereocenters. The van der Waals surface area contributed by atoms with Gasteiger partial charge in [-0.15, -0.1) is 6.58 Å². The summed E-state index contributed by atoms with van der Waals surface area (Å²) in [5.74, 6) is 1.26. The van der Waals surface area contributed by atoms with Crippen LogP contribution >= 0.6 is 0 Å². The summed E-state index contributed by atoms with van der Waals surface area (Å²) in [4.78, 5) is 2.24. The molecule has 1 fully saturated rings. The Kier molecular flexibility index (Phi) is 6.44. The number of nitrogens with zero attached hydrogens (tertiary/aromatic N) is 3. The average Bonchev–Trinajstić information content (AvgIpc) is 3.53. The monoisotopic (exact) mass is 435 g/mol. The lowest BCUT2D eigenvalue weighted by Crippen LogP contribution is -2.40. The van der Waals surface area contributed by atoms with E-state index in [2.05, 4.69) is 11.5 Å². The summed E-state index contributed by atoms with van der Waals surface area (Å²) in [6, 6.07) is 16.1. The van der Waals surface area contributed by atoms with Gasteiger partial charge >= 0.3 is 0 Å². The van der Waals surface area contributed by atoms with Crippen molar-refractivity contribution in [2.24, 2.45) is 13.0 Å². The van der Waals surface area contributed by atoms with Crippen molar-refractivity contribution in [1.82, 2.24) is 14.7 Å². The van der Waals surface area contributed by atoms with E-state index < -0.39 is 5.60 Å². The summed E-state index contributed by atoms with van der Waals surface area (Å²) in [5.41, 5.74) is 1.70. The SMILES string of the molecule is C=C[C@@](C)(O)CN(Cc1c(-c2ccccc2)nn(C)c1Oc1cccc(F)c1)CC1CC1. The van der Waals surface area contributed by atoms with Gasteiger partial charge in [0.05, 0.1) is 11.2 Å². The Morgan fingerprint density at radius 3 is 2.66 bits per heavy atom. The minimum atomic E-state index is -1.01. The third-order valence-corrected chi connectivity index (χ3v) is 5.72. The second-order valence-electron chi connectivity index (χ2n) is 8.86. The largest absolute Gasteiger partial charge is 0.439 e. The smallest absolute Gasteiger partial charge is 0.222 e. The third-order valence-electron chi connectivity index (χ3n) is 5.72. The minimum Gasteiger partial charge on any atom is -0.439 e. The molecule has 0 bridgehead atoms. The normalized spacial score (nSPS) is 15.5. The maximum absolute atomic E-state index is 13.8. The second kappa shape index (κ2) is 9.27. The van der Waals surface area contributed by atoms with Crippen LogP contribution < -0.4 is 4.74 Å². The summed E-state index contributed by atoms with van der Waals surface area (Å²) < 4.78 is 21.6. The molecule has 0 spiro atoms. The second-order valence-corrected chi connectivity index (χ2v) is 8.86. The molecule has 1 aliphatic rings. The van der Waals surface area contributed by atoms with Gasteiger partial charge in [-0.25, -0.2) is 9.07 Å². The Labute approximate surface area is 188 Å². The van der Waals surface area contributed by atoms with Crippen LogP contribution in [0.25, 0.3) is 11.3 Å². The number of aryl methyl sites for hydroxylation is 1. The summed E-state index contributed by atoms with van der Waals surface area (Å²) in [6.45, 7) is 7.43. The van der Waals surface area contributed by atoms with Crippen molar-refractivity contribution in [2.45, 2.75) is 31.9 Å². The van der Waals surface area contributed by atoms with Crippen LogP contribution in [0.1, 0.15) is 25.3 Å². The maximum atomic E-state index is 13.8. The van der Waals surface area contributed by atoms with Crippen molar-refractivity contribution in [1.29, 1.82) is 0 Å². The van der Waals surface area contributed by atoms with E-state index in [4.69, 9.17) is 9.84 Å².